The van der Waals surface area contributed by atoms with Gasteiger partial charge in [0.1, 0.15) is 5.15 Å². The van der Waals surface area contributed by atoms with Gasteiger partial charge in [0.2, 0.25) is 0 Å². The molecule has 0 aliphatic carbocycles. The van der Waals surface area contributed by atoms with Crippen molar-refractivity contribution >= 4 is 55.1 Å². The fourth-order valence-corrected chi connectivity index (χ4v) is 2.12. The average Bonchev–Trinajstić information content (AvgIpc) is 2.27. The van der Waals surface area contributed by atoms with E-state index >= 15 is 0 Å². The van der Waals surface area contributed by atoms with Gasteiger partial charge in [-0.15, -0.1) is 0 Å². The van der Waals surface area contributed by atoms with Crippen LogP contribution in [0.4, 0.5) is 5.69 Å². The van der Waals surface area contributed by atoms with E-state index in [0.29, 0.717) is 10.8 Å². The van der Waals surface area contributed by atoms with E-state index in [9.17, 15) is 4.79 Å². The summed E-state index contributed by atoms with van der Waals surface area (Å²) in [6, 6.07) is 1.64. The number of alkyl halides is 2. The number of pyridine rings is 1. The SMILES string of the molecule is O=C1Nc2cnc(Cl)cc2C1(Br)Br. The summed E-state index contributed by atoms with van der Waals surface area (Å²) in [6.07, 6.45) is 1.53. The van der Waals surface area contributed by atoms with Crippen LogP contribution in [-0.4, -0.2) is 10.9 Å². The third-order valence-electron chi connectivity index (χ3n) is 1.74. The molecule has 1 aliphatic heterocycles. The van der Waals surface area contributed by atoms with Gasteiger partial charge < -0.3 is 5.32 Å². The Hall–Kier alpha value is -0.130. The number of amides is 1. The first-order chi connectivity index (χ1) is 6.01. The minimum Gasteiger partial charge on any atom is -0.322 e. The maximum atomic E-state index is 11.4. The molecular weight excluding hydrogens is 323 g/mol. The highest BCUT2D eigenvalue weighted by Crippen LogP contribution is 2.47. The molecule has 1 aromatic rings. The van der Waals surface area contributed by atoms with E-state index in [4.69, 9.17) is 11.6 Å². The summed E-state index contributed by atoms with van der Waals surface area (Å²) in [4.78, 5) is 15.2. The van der Waals surface area contributed by atoms with Crippen LogP contribution in [0.1, 0.15) is 5.56 Å². The third kappa shape index (κ3) is 1.39. The zero-order valence-corrected chi connectivity index (χ0v) is 10.1. The summed E-state index contributed by atoms with van der Waals surface area (Å²) < 4.78 is -0.873. The Morgan fingerprint density at radius 2 is 2.23 bits per heavy atom. The second-order valence-electron chi connectivity index (χ2n) is 2.58. The highest BCUT2D eigenvalue weighted by Gasteiger charge is 2.42. The molecule has 1 aromatic heterocycles. The number of carbonyl (C=O) groups is 1. The number of aromatic nitrogens is 1. The highest BCUT2D eigenvalue weighted by atomic mass is 79.9. The standard InChI is InChI=1S/C7H3Br2ClN2O/c8-7(9)3-1-5(10)11-2-4(3)12-6(7)13/h1-2H,(H,12,13). The van der Waals surface area contributed by atoms with Crippen molar-refractivity contribution in [2.75, 3.05) is 5.32 Å². The van der Waals surface area contributed by atoms with Crippen molar-refractivity contribution < 1.29 is 4.79 Å². The fourth-order valence-electron chi connectivity index (χ4n) is 1.11. The third-order valence-corrected chi connectivity index (χ3v) is 3.52. The van der Waals surface area contributed by atoms with Crippen LogP contribution in [0.3, 0.4) is 0 Å². The zero-order chi connectivity index (χ0) is 9.64. The molecule has 1 N–H and O–H groups in total. The Kier molecular flexibility index (Phi) is 2.13. The van der Waals surface area contributed by atoms with Crippen molar-refractivity contribution in [3.63, 3.8) is 0 Å². The van der Waals surface area contributed by atoms with E-state index < -0.39 is 3.23 Å². The summed E-state index contributed by atoms with van der Waals surface area (Å²) in [6.45, 7) is 0. The Balaban J connectivity index is 2.64. The van der Waals surface area contributed by atoms with Crippen LogP contribution < -0.4 is 5.32 Å². The van der Waals surface area contributed by atoms with Crippen molar-refractivity contribution in [3.8, 4) is 0 Å². The molecule has 0 radical (unpaired) electrons. The van der Waals surface area contributed by atoms with Gasteiger partial charge in [-0.05, 0) is 6.07 Å². The first-order valence-electron chi connectivity index (χ1n) is 3.37. The lowest BCUT2D eigenvalue weighted by atomic mass is 10.2. The van der Waals surface area contributed by atoms with Crippen LogP contribution in [0.15, 0.2) is 12.3 Å². The van der Waals surface area contributed by atoms with Gasteiger partial charge in [0.15, 0.2) is 3.23 Å². The van der Waals surface area contributed by atoms with Gasteiger partial charge in [-0.2, -0.15) is 0 Å². The lowest BCUT2D eigenvalue weighted by molar-refractivity contribution is -0.115. The van der Waals surface area contributed by atoms with E-state index in [2.05, 4.69) is 42.2 Å². The Morgan fingerprint density at radius 3 is 2.92 bits per heavy atom. The lowest BCUT2D eigenvalue weighted by Gasteiger charge is -2.09. The molecule has 2 rings (SSSR count). The molecule has 0 atom stereocenters. The smallest absolute Gasteiger partial charge is 0.256 e. The number of nitrogens with one attached hydrogen (secondary N) is 1. The van der Waals surface area contributed by atoms with E-state index in [-0.39, 0.29) is 5.91 Å². The van der Waals surface area contributed by atoms with Crippen LogP contribution in [0.2, 0.25) is 5.15 Å². The van der Waals surface area contributed by atoms with Gasteiger partial charge in [-0.25, -0.2) is 4.98 Å². The summed E-state index contributed by atoms with van der Waals surface area (Å²) in [7, 11) is 0. The van der Waals surface area contributed by atoms with Gasteiger partial charge in [-0.1, -0.05) is 43.5 Å². The normalized spacial score (nSPS) is 18.2. The maximum Gasteiger partial charge on any atom is 0.256 e. The predicted octanol–water partition coefficient (Wildman–Crippen LogP) is 2.63. The molecular formula is C7H3Br2ClN2O. The molecule has 1 amide bonds. The topological polar surface area (TPSA) is 42.0 Å². The number of nitrogens with zero attached hydrogens (tertiary/aromatic N) is 1. The molecule has 0 saturated carbocycles. The number of halogens is 3. The van der Waals surface area contributed by atoms with Crippen molar-refractivity contribution in [3.05, 3.63) is 23.0 Å². The summed E-state index contributed by atoms with van der Waals surface area (Å²) >= 11 is 12.2. The van der Waals surface area contributed by atoms with Gasteiger partial charge in [0.25, 0.3) is 5.91 Å². The molecule has 2 heterocycles. The van der Waals surface area contributed by atoms with Gasteiger partial charge in [0, 0.05) is 5.56 Å². The number of carbonyl (C=O) groups excluding carboxylic acids is 1. The average molecular weight is 326 g/mol. The molecule has 6 heteroatoms. The molecule has 13 heavy (non-hydrogen) atoms. The van der Waals surface area contributed by atoms with E-state index in [1.165, 1.54) is 6.20 Å². The number of fused-ring (bicyclic) bond motifs is 1. The molecule has 0 aromatic carbocycles. The van der Waals surface area contributed by atoms with Crippen LogP contribution in [0, 0.1) is 0 Å². The van der Waals surface area contributed by atoms with Crippen LogP contribution in [0.25, 0.3) is 0 Å². The fraction of sp³-hybridized carbons (Fsp3) is 0.143. The van der Waals surface area contributed by atoms with Gasteiger partial charge in [-0.3, -0.25) is 4.79 Å². The minimum absolute atomic E-state index is 0.174. The van der Waals surface area contributed by atoms with Crippen molar-refractivity contribution in [1.82, 2.24) is 4.98 Å². The lowest BCUT2D eigenvalue weighted by Crippen LogP contribution is -2.20. The van der Waals surface area contributed by atoms with Crippen LogP contribution >= 0.6 is 43.5 Å². The predicted molar refractivity (Wildman–Crippen MR) is 57.4 cm³/mol. The largest absolute Gasteiger partial charge is 0.322 e. The Bertz CT molecular complexity index is 394. The molecule has 0 unspecified atom stereocenters. The molecule has 0 saturated heterocycles. The first kappa shape index (κ1) is 9.43. The number of hydrogen-bond acceptors (Lipinski definition) is 2. The van der Waals surface area contributed by atoms with Crippen molar-refractivity contribution in [1.29, 1.82) is 0 Å². The number of hydrogen-bond donors (Lipinski definition) is 1. The quantitative estimate of drug-likeness (QED) is 0.588. The molecule has 1 aliphatic rings. The number of anilines is 1. The monoisotopic (exact) mass is 324 g/mol. The van der Waals surface area contributed by atoms with Gasteiger partial charge in [0.05, 0.1) is 11.9 Å². The minimum atomic E-state index is -0.873. The van der Waals surface area contributed by atoms with E-state index in [0.717, 1.165) is 5.56 Å². The zero-order valence-electron chi connectivity index (χ0n) is 6.14. The van der Waals surface area contributed by atoms with E-state index in [1.807, 2.05) is 0 Å². The maximum absolute atomic E-state index is 11.4. The number of rotatable bonds is 0. The summed E-state index contributed by atoms with van der Waals surface area (Å²) in [5.41, 5.74) is 1.42. The molecule has 3 nitrogen and oxygen atoms in total. The molecule has 0 bridgehead atoms. The second kappa shape index (κ2) is 2.93. The summed E-state index contributed by atoms with van der Waals surface area (Å²) in [5.74, 6) is -0.174. The van der Waals surface area contributed by atoms with Crippen molar-refractivity contribution in [2.45, 2.75) is 3.23 Å². The van der Waals surface area contributed by atoms with Crippen molar-refractivity contribution in [2.24, 2.45) is 0 Å². The molecule has 0 spiro atoms. The second-order valence-corrected chi connectivity index (χ2v) is 6.41. The Labute approximate surface area is 96.1 Å². The van der Waals surface area contributed by atoms with Crippen LogP contribution in [-0.2, 0) is 8.03 Å². The Morgan fingerprint density at radius 1 is 1.54 bits per heavy atom. The highest BCUT2D eigenvalue weighted by molar-refractivity contribution is 9.25. The molecule has 0 fully saturated rings. The molecule has 68 valence electrons. The first-order valence-corrected chi connectivity index (χ1v) is 5.33. The van der Waals surface area contributed by atoms with Crippen LogP contribution in [0.5, 0.6) is 0 Å². The van der Waals surface area contributed by atoms with Gasteiger partial charge >= 0.3 is 0 Å². The summed E-state index contributed by atoms with van der Waals surface area (Å²) in [5, 5.41) is 3.02. The van der Waals surface area contributed by atoms with E-state index in [1.54, 1.807) is 6.07 Å².